The molecule has 0 saturated carbocycles. The number of nitrogens with one attached hydrogen (secondary N) is 2. The molecule has 0 radical (unpaired) electrons. The van der Waals surface area contributed by atoms with Crippen molar-refractivity contribution in [1.82, 2.24) is 4.90 Å². The molecule has 2 aromatic carbocycles. The summed E-state index contributed by atoms with van der Waals surface area (Å²) >= 11 is 0. The zero-order valence-electron chi connectivity index (χ0n) is 14.5. The number of urea groups is 1. The average molecular weight is 324 g/mol. The highest BCUT2D eigenvalue weighted by Gasteiger charge is 2.23. The van der Waals surface area contributed by atoms with E-state index in [0.29, 0.717) is 0 Å². The highest BCUT2D eigenvalue weighted by molar-refractivity contribution is 5.89. The Morgan fingerprint density at radius 2 is 1.67 bits per heavy atom. The van der Waals surface area contributed by atoms with Crippen LogP contribution in [0.5, 0.6) is 0 Å². The second kappa shape index (κ2) is 7.49. The van der Waals surface area contributed by atoms with Crippen LogP contribution in [0.3, 0.4) is 0 Å². The highest BCUT2D eigenvalue weighted by Crippen LogP contribution is 2.14. The lowest BCUT2D eigenvalue weighted by atomic mass is 10.1. The molecule has 24 heavy (non-hydrogen) atoms. The fourth-order valence-corrected chi connectivity index (χ4v) is 3.34. The third-order valence-electron chi connectivity index (χ3n) is 4.53. The fourth-order valence-electron chi connectivity index (χ4n) is 3.34. The van der Waals surface area contributed by atoms with Crippen LogP contribution in [-0.2, 0) is 6.54 Å². The van der Waals surface area contributed by atoms with Crippen LogP contribution in [0.25, 0.3) is 0 Å². The van der Waals surface area contributed by atoms with E-state index in [1.807, 2.05) is 36.9 Å². The smallest absolute Gasteiger partial charge is 0.322 e. The molecule has 2 amide bonds. The number of piperazine rings is 1. The molecule has 3 rings (SSSR count). The van der Waals surface area contributed by atoms with E-state index in [9.17, 15) is 4.79 Å². The van der Waals surface area contributed by atoms with Crippen LogP contribution in [0.15, 0.2) is 48.5 Å². The summed E-state index contributed by atoms with van der Waals surface area (Å²) in [7, 11) is 0. The van der Waals surface area contributed by atoms with Gasteiger partial charge in [0.2, 0.25) is 0 Å². The molecule has 126 valence electrons. The first-order valence-electron chi connectivity index (χ1n) is 8.62. The summed E-state index contributed by atoms with van der Waals surface area (Å²) in [5.74, 6) is 0. The molecule has 2 N–H and O–H groups in total. The first kappa shape index (κ1) is 16.5. The minimum absolute atomic E-state index is 0.0127. The van der Waals surface area contributed by atoms with Gasteiger partial charge in [-0.15, -0.1) is 0 Å². The molecule has 0 spiro atoms. The van der Waals surface area contributed by atoms with E-state index >= 15 is 0 Å². The molecule has 4 nitrogen and oxygen atoms in total. The van der Waals surface area contributed by atoms with Gasteiger partial charge in [-0.1, -0.05) is 36.4 Å². The quantitative estimate of drug-likeness (QED) is 0.893. The summed E-state index contributed by atoms with van der Waals surface area (Å²) in [5, 5.41) is 3.04. The predicted octanol–water partition coefficient (Wildman–Crippen LogP) is 2.24. The van der Waals surface area contributed by atoms with Crippen LogP contribution in [0.4, 0.5) is 10.5 Å². The van der Waals surface area contributed by atoms with Crippen LogP contribution in [0, 0.1) is 13.8 Å². The van der Waals surface area contributed by atoms with Gasteiger partial charge in [0.25, 0.3) is 0 Å². The molecule has 2 aromatic rings. The van der Waals surface area contributed by atoms with Crippen LogP contribution in [-0.4, -0.2) is 37.1 Å². The van der Waals surface area contributed by atoms with E-state index in [1.165, 1.54) is 21.6 Å². The molecule has 1 aliphatic heterocycles. The van der Waals surface area contributed by atoms with Gasteiger partial charge in [0.05, 0.1) is 26.2 Å². The van der Waals surface area contributed by atoms with Crippen LogP contribution in [0.1, 0.15) is 16.7 Å². The van der Waals surface area contributed by atoms with Crippen LogP contribution < -0.4 is 10.2 Å². The number of amides is 2. The first-order chi connectivity index (χ1) is 11.6. The SMILES string of the molecule is Cc1cc(C)cc(NC(=O)N2CC[NH+](Cc3ccccc3)CC2)c1. The Balaban J connectivity index is 1.51. The second-order valence-corrected chi connectivity index (χ2v) is 6.71. The number of hydrogen-bond acceptors (Lipinski definition) is 1. The molecule has 1 aliphatic rings. The van der Waals surface area contributed by atoms with Gasteiger partial charge >= 0.3 is 6.03 Å². The topological polar surface area (TPSA) is 36.8 Å². The molecular formula is C20H26N3O+. The number of rotatable bonds is 3. The van der Waals surface area contributed by atoms with Crippen molar-refractivity contribution in [2.45, 2.75) is 20.4 Å². The highest BCUT2D eigenvalue weighted by atomic mass is 16.2. The van der Waals surface area contributed by atoms with Crippen molar-refractivity contribution in [3.8, 4) is 0 Å². The van der Waals surface area contributed by atoms with Crippen LogP contribution in [0.2, 0.25) is 0 Å². The number of carbonyl (C=O) groups is 1. The Kier molecular flexibility index (Phi) is 5.16. The van der Waals surface area contributed by atoms with Gasteiger partial charge in [0.15, 0.2) is 0 Å². The van der Waals surface area contributed by atoms with E-state index in [2.05, 4.69) is 35.6 Å². The van der Waals surface area contributed by atoms with Gasteiger partial charge in [-0.3, -0.25) is 0 Å². The number of anilines is 1. The standard InChI is InChI=1S/C20H25N3O/c1-16-12-17(2)14-19(13-16)21-20(24)23-10-8-22(9-11-23)15-18-6-4-3-5-7-18/h3-7,12-14H,8-11,15H2,1-2H3,(H,21,24)/p+1. The molecule has 0 atom stereocenters. The van der Waals surface area contributed by atoms with Crippen molar-refractivity contribution in [3.05, 3.63) is 65.2 Å². The molecule has 1 saturated heterocycles. The maximum absolute atomic E-state index is 12.5. The largest absolute Gasteiger partial charge is 0.328 e. The van der Waals surface area contributed by atoms with E-state index in [-0.39, 0.29) is 6.03 Å². The number of benzene rings is 2. The Bertz CT molecular complexity index is 671. The van der Waals surface area contributed by atoms with Crippen molar-refractivity contribution >= 4 is 11.7 Å². The van der Waals surface area contributed by atoms with Crippen molar-refractivity contribution in [1.29, 1.82) is 0 Å². The van der Waals surface area contributed by atoms with E-state index in [0.717, 1.165) is 38.4 Å². The second-order valence-electron chi connectivity index (χ2n) is 6.71. The van der Waals surface area contributed by atoms with Gasteiger partial charge in [-0.2, -0.15) is 0 Å². The summed E-state index contributed by atoms with van der Waals surface area (Å²) in [4.78, 5) is 15.9. The zero-order valence-corrected chi connectivity index (χ0v) is 14.5. The van der Waals surface area contributed by atoms with Crippen molar-refractivity contribution in [3.63, 3.8) is 0 Å². The molecule has 1 heterocycles. The first-order valence-corrected chi connectivity index (χ1v) is 8.62. The fraction of sp³-hybridized carbons (Fsp3) is 0.350. The molecule has 4 heteroatoms. The third-order valence-corrected chi connectivity index (χ3v) is 4.53. The summed E-state index contributed by atoms with van der Waals surface area (Å²) in [6.45, 7) is 8.73. The number of quaternary nitrogens is 1. The molecule has 0 unspecified atom stereocenters. The summed E-state index contributed by atoms with van der Waals surface area (Å²) in [6, 6.07) is 16.7. The minimum atomic E-state index is 0.0127. The molecule has 0 bridgehead atoms. The summed E-state index contributed by atoms with van der Waals surface area (Å²) < 4.78 is 0. The van der Waals surface area contributed by atoms with Crippen molar-refractivity contribution < 1.29 is 9.69 Å². The lowest BCUT2D eigenvalue weighted by Crippen LogP contribution is -3.13. The Hall–Kier alpha value is -2.33. The lowest BCUT2D eigenvalue weighted by Gasteiger charge is -2.32. The maximum Gasteiger partial charge on any atom is 0.322 e. The Labute approximate surface area is 144 Å². The zero-order chi connectivity index (χ0) is 16.9. The van der Waals surface area contributed by atoms with E-state index in [1.54, 1.807) is 0 Å². The minimum Gasteiger partial charge on any atom is -0.328 e. The third kappa shape index (κ3) is 4.36. The Morgan fingerprint density at radius 3 is 2.29 bits per heavy atom. The normalized spacial score (nSPS) is 15.3. The maximum atomic E-state index is 12.5. The molecule has 0 aliphatic carbocycles. The lowest BCUT2D eigenvalue weighted by molar-refractivity contribution is -0.917. The molecular weight excluding hydrogens is 298 g/mol. The van der Waals surface area contributed by atoms with Gasteiger partial charge < -0.3 is 15.1 Å². The summed E-state index contributed by atoms with van der Waals surface area (Å²) in [6.07, 6.45) is 0. The monoisotopic (exact) mass is 324 g/mol. The number of nitrogens with zero attached hydrogens (tertiary/aromatic N) is 1. The van der Waals surface area contributed by atoms with Crippen molar-refractivity contribution in [2.75, 3.05) is 31.5 Å². The number of carbonyl (C=O) groups excluding carboxylic acids is 1. The van der Waals surface area contributed by atoms with Gasteiger partial charge in [-0.05, 0) is 37.1 Å². The van der Waals surface area contributed by atoms with Crippen molar-refractivity contribution in [2.24, 2.45) is 0 Å². The molecule has 1 fully saturated rings. The van der Waals surface area contributed by atoms with Gasteiger partial charge in [-0.25, -0.2) is 4.79 Å². The molecule has 0 aromatic heterocycles. The predicted molar refractivity (Wildman–Crippen MR) is 97.4 cm³/mol. The van der Waals surface area contributed by atoms with Crippen LogP contribution >= 0.6 is 0 Å². The van der Waals surface area contributed by atoms with Gasteiger partial charge in [0, 0.05) is 11.3 Å². The van der Waals surface area contributed by atoms with E-state index in [4.69, 9.17) is 0 Å². The number of aryl methyl sites for hydroxylation is 2. The van der Waals surface area contributed by atoms with Gasteiger partial charge in [0.1, 0.15) is 6.54 Å². The Morgan fingerprint density at radius 1 is 1.04 bits per heavy atom. The van der Waals surface area contributed by atoms with E-state index < -0.39 is 0 Å². The average Bonchev–Trinajstić information content (AvgIpc) is 2.55. The number of hydrogen-bond donors (Lipinski definition) is 2. The summed E-state index contributed by atoms with van der Waals surface area (Å²) in [5.41, 5.74) is 4.59.